The van der Waals surface area contributed by atoms with Crippen LogP contribution in [-0.4, -0.2) is 35.3 Å². The lowest BCUT2D eigenvalue weighted by Gasteiger charge is -2.28. The SMILES string of the molecule is CC(C)CC(C(=O)NN1C(=O)CNC1=O)[C@@H](CCCc1ccccc1)C(=O)NOCc1ccccc1. The first-order valence-corrected chi connectivity index (χ1v) is 12.3. The number of aryl methyl sites for hydroxylation is 1. The van der Waals surface area contributed by atoms with Crippen molar-refractivity contribution in [1.29, 1.82) is 0 Å². The number of carbonyl (C=O) groups excluding carboxylic acids is 4. The summed E-state index contributed by atoms with van der Waals surface area (Å²) in [7, 11) is 0. The van der Waals surface area contributed by atoms with E-state index in [2.05, 4.69) is 16.2 Å². The van der Waals surface area contributed by atoms with E-state index < -0.39 is 35.6 Å². The first-order chi connectivity index (χ1) is 17.3. The van der Waals surface area contributed by atoms with Gasteiger partial charge in [-0.3, -0.25) is 24.6 Å². The number of hydrazine groups is 1. The maximum atomic E-state index is 13.3. The summed E-state index contributed by atoms with van der Waals surface area (Å²) >= 11 is 0. The maximum absolute atomic E-state index is 13.3. The number of nitrogens with zero attached hydrogens (tertiary/aromatic N) is 1. The van der Waals surface area contributed by atoms with Crippen LogP contribution in [0.1, 0.15) is 44.2 Å². The van der Waals surface area contributed by atoms with Gasteiger partial charge in [-0.1, -0.05) is 74.5 Å². The zero-order valence-electron chi connectivity index (χ0n) is 20.7. The molecule has 1 fully saturated rings. The number of carbonyl (C=O) groups is 4. The number of amides is 5. The van der Waals surface area contributed by atoms with Gasteiger partial charge in [0, 0.05) is 0 Å². The van der Waals surface area contributed by atoms with E-state index in [1.54, 1.807) is 0 Å². The van der Waals surface area contributed by atoms with Gasteiger partial charge < -0.3 is 5.32 Å². The molecule has 0 bridgehead atoms. The van der Waals surface area contributed by atoms with Crippen LogP contribution >= 0.6 is 0 Å². The molecule has 2 aromatic carbocycles. The lowest BCUT2D eigenvalue weighted by atomic mass is 9.81. The summed E-state index contributed by atoms with van der Waals surface area (Å²) in [5.41, 5.74) is 6.98. The zero-order valence-corrected chi connectivity index (χ0v) is 20.7. The number of rotatable bonds is 13. The van der Waals surface area contributed by atoms with Crippen LogP contribution in [0.2, 0.25) is 0 Å². The molecule has 36 heavy (non-hydrogen) atoms. The molecule has 9 heteroatoms. The molecule has 1 aliphatic rings. The third kappa shape index (κ3) is 7.91. The van der Waals surface area contributed by atoms with Crippen molar-refractivity contribution in [3.05, 3.63) is 71.8 Å². The van der Waals surface area contributed by atoms with E-state index in [4.69, 9.17) is 4.84 Å². The van der Waals surface area contributed by atoms with E-state index in [9.17, 15) is 19.2 Å². The topological polar surface area (TPSA) is 117 Å². The van der Waals surface area contributed by atoms with E-state index in [0.29, 0.717) is 24.3 Å². The van der Waals surface area contributed by atoms with Crippen molar-refractivity contribution in [2.75, 3.05) is 6.54 Å². The number of hydroxylamine groups is 1. The van der Waals surface area contributed by atoms with Crippen molar-refractivity contribution in [3.8, 4) is 0 Å². The third-order valence-corrected chi connectivity index (χ3v) is 6.03. The Labute approximate surface area is 211 Å². The molecule has 192 valence electrons. The van der Waals surface area contributed by atoms with Gasteiger partial charge in [0.15, 0.2) is 0 Å². The minimum atomic E-state index is -0.762. The van der Waals surface area contributed by atoms with Crippen molar-refractivity contribution in [2.24, 2.45) is 17.8 Å². The lowest BCUT2D eigenvalue weighted by Crippen LogP contribution is -2.51. The predicted octanol–water partition coefficient (Wildman–Crippen LogP) is 3.12. The predicted molar refractivity (Wildman–Crippen MR) is 134 cm³/mol. The van der Waals surface area contributed by atoms with Crippen molar-refractivity contribution in [1.82, 2.24) is 21.2 Å². The van der Waals surface area contributed by atoms with Gasteiger partial charge in [-0.2, -0.15) is 5.01 Å². The molecule has 0 saturated carbocycles. The van der Waals surface area contributed by atoms with Gasteiger partial charge in [0.25, 0.3) is 5.91 Å². The van der Waals surface area contributed by atoms with Gasteiger partial charge in [-0.05, 0) is 42.7 Å². The second-order valence-electron chi connectivity index (χ2n) is 9.32. The van der Waals surface area contributed by atoms with Crippen LogP contribution in [0.25, 0.3) is 0 Å². The summed E-state index contributed by atoms with van der Waals surface area (Å²) in [5, 5.41) is 3.06. The number of nitrogens with one attached hydrogen (secondary N) is 3. The largest absolute Gasteiger partial charge is 0.343 e. The highest BCUT2D eigenvalue weighted by Gasteiger charge is 2.38. The van der Waals surface area contributed by atoms with E-state index in [1.807, 2.05) is 74.5 Å². The highest BCUT2D eigenvalue weighted by Crippen LogP contribution is 2.27. The summed E-state index contributed by atoms with van der Waals surface area (Å²) in [6, 6.07) is 18.7. The van der Waals surface area contributed by atoms with Gasteiger partial charge in [0.2, 0.25) is 11.8 Å². The van der Waals surface area contributed by atoms with E-state index in [1.165, 1.54) is 0 Å². The number of urea groups is 1. The minimum absolute atomic E-state index is 0.0958. The highest BCUT2D eigenvalue weighted by molar-refractivity contribution is 6.03. The summed E-state index contributed by atoms with van der Waals surface area (Å²) in [6.07, 6.45) is 2.25. The summed E-state index contributed by atoms with van der Waals surface area (Å²) in [6.45, 7) is 3.92. The minimum Gasteiger partial charge on any atom is -0.327 e. The molecule has 2 atom stereocenters. The van der Waals surface area contributed by atoms with Gasteiger partial charge >= 0.3 is 6.03 Å². The average Bonchev–Trinajstić information content (AvgIpc) is 3.18. The Balaban J connectivity index is 1.72. The lowest BCUT2D eigenvalue weighted by molar-refractivity contribution is -0.147. The summed E-state index contributed by atoms with van der Waals surface area (Å²) in [4.78, 5) is 56.0. The number of hydrogen-bond acceptors (Lipinski definition) is 5. The van der Waals surface area contributed by atoms with Crippen LogP contribution in [0.3, 0.4) is 0 Å². The molecule has 3 rings (SSSR count). The van der Waals surface area contributed by atoms with Gasteiger partial charge in [0.05, 0.1) is 18.4 Å². The second-order valence-corrected chi connectivity index (χ2v) is 9.32. The molecule has 1 unspecified atom stereocenters. The van der Waals surface area contributed by atoms with Gasteiger partial charge in [-0.15, -0.1) is 0 Å². The normalized spacial score (nSPS) is 14.9. The zero-order chi connectivity index (χ0) is 25.9. The standard InChI is InChI=1S/C27H34N4O5/c1-19(2)16-23(25(33)29-31-24(32)17-28-27(31)35)22(15-9-14-20-10-5-3-6-11-20)26(34)30-36-18-21-12-7-4-8-13-21/h3-8,10-13,19,22-23H,9,14-18H2,1-2H3,(H,28,35)(H,29,33)(H,30,34)/t22-,23?/m1/s1. The molecule has 1 aliphatic heterocycles. The Morgan fingerprint density at radius 1 is 0.944 bits per heavy atom. The second kappa shape index (κ2) is 13.4. The molecular weight excluding hydrogens is 460 g/mol. The van der Waals surface area contributed by atoms with Crippen LogP contribution in [0.4, 0.5) is 4.79 Å². The first kappa shape index (κ1) is 26.9. The average molecular weight is 495 g/mol. The Hall–Kier alpha value is -3.72. The maximum Gasteiger partial charge on any atom is 0.343 e. The smallest absolute Gasteiger partial charge is 0.327 e. The first-order valence-electron chi connectivity index (χ1n) is 12.3. The van der Waals surface area contributed by atoms with Gasteiger partial charge in [-0.25, -0.2) is 10.3 Å². The fourth-order valence-corrected chi connectivity index (χ4v) is 4.22. The van der Waals surface area contributed by atoms with Crippen molar-refractivity contribution >= 4 is 23.8 Å². The fraction of sp³-hybridized carbons (Fsp3) is 0.407. The molecule has 2 aromatic rings. The fourth-order valence-electron chi connectivity index (χ4n) is 4.22. The molecule has 0 radical (unpaired) electrons. The van der Waals surface area contributed by atoms with Crippen molar-refractivity contribution < 1.29 is 24.0 Å². The van der Waals surface area contributed by atoms with Crippen LogP contribution in [0.15, 0.2) is 60.7 Å². The van der Waals surface area contributed by atoms with Crippen LogP contribution < -0.4 is 16.2 Å². The monoisotopic (exact) mass is 494 g/mol. The molecule has 1 saturated heterocycles. The molecule has 0 aromatic heterocycles. The Bertz CT molecular complexity index is 1010. The number of imide groups is 1. The molecular formula is C27H34N4O5. The van der Waals surface area contributed by atoms with Gasteiger partial charge in [0.1, 0.15) is 6.54 Å². The van der Waals surface area contributed by atoms with E-state index in [0.717, 1.165) is 17.5 Å². The highest BCUT2D eigenvalue weighted by atomic mass is 16.6. The van der Waals surface area contributed by atoms with E-state index in [-0.39, 0.29) is 19.1 Å². The molecule has 5 amide bonds. The number of hydrogen-bond donors (Lipinski definition) is 3. The summed E-state index contributed by atoms with van der Waals surface area (Å²) < 4.78 is 0. The Morgan fingerprint density at radius 3 is 2.17 bits per heavy atom. The van der Waals surface area contributed by atoms with Crippen LogP contribution in [0, 0.1) is 17.8 Å². The third-order valence-electron chi connectivity index (χ3n) is 6.03. The van der Waals surface area contributed by atoms with Crippen LogP contribution in [0.5, 0.6) is 0 Å². The van der Waals surface area contributed by atoms with Crippen LogP contribution in [-0.2, 0) is 32.2 Å². The van der Waals surface area contributed by atoms with Crippen molar-refractivity contribution in [3.63, 3.8) is 0 Å². The van der Waals surface area contributed by atoms with Crippen molar-refractivity contribution in [2.45, 2.75) is 46.1 Å². The Morgan fingerprint density at radius 2 is 1.58 bits per heavy atom. The van der Waals surface area contributed by atoms with E-state index >= 15 is 0 Å². The molecule has 3 N–H and O–H groups in total. The number of benzene rings is 2. The molecule has 0 spiro atoms. The quantitative estimate of drug-likeness (QED) is 0.292. The molecule has 9 nitrogen and oxygen atoms in total. The molecule has 1 heterocycles. The molecule has 0 aliphatic carbocycles. The Kier molecular flexibility index (Phi) is 10.00. The summed E-state index contributed by atoms with van der Waals surface area (Å²) in [5.74, 6) is -2.88.